The molecule has 1 aromatic carbocycles. The first kappa shape index (κ1) is 25.0. The van der Waals surface area contributed by atoms with Gasteiger partial charge in [-0.05, 0) is 23.6 Å². The van der Waals surface area contributed by atoms with Crippen LogP contribution in [-0.4, -0.2) is 53.0 Å². The minimum Gasteiger partial charge on any atom is -0.394 e. The van der Waals surface area contributed by atoms with Gasteiger partial charge in [0, 0.05) is 37.0 Å². The molecule has 2 atom stereocenters. The number of hydrogen-bond acceptors (Lipinski definition) is 6. The summed E-state index contributed by atoms with van der Waals surface area (Å²) in [6.45, 7) is 4.03. The molecule has 172 valence electrons. The van der Waals surface area contributed by atoms with Crippen molar-refractivity contribution < 1.29 is 14.7 Å². The average Bonchev–Trinajstić information content (AvgIpc) is 2.78. The summed E-state index contributed by atoms with van der Waals surface area (Å²) < 4.78 is 0. The van der Waals surface area contributed by atoms with E-state index in [4.69, 9.17) is 11.1 Å². The van der Waals surface area contributed by atoms with E-state index in [9.17, 15) is 14.7 Å². The predicted molar refractivity (Wildman–Crippen MR) is 123 cm³/mol. The highest BCUT2D eigenvalue weighted by molar-refractivity contribution is 5.94. The van der Waals surface area contributed by atoms with Crippen LogP contribution in [0.3, 0.4) is 0 Å². The maximum Gasteiger partial charge on any atom is 0.242 e. The number of aliphatic hydroxyl groups is 1. The smallest absolute Gasteiger partial charge is 0.242 e. The third-order valence-corrected chi connectivity index (χ3v) is 4.97. The molecule has 0 aliphatic rings. The third kappa shape index (κ3) is 7.75. The van der Waals surface area contributed by atoms with Crippen molar-refractivity contribution in [2.75, 3.05) is 13.2 Å². The second-order valence-electron chi connectivity index (χ2n) is 7.82. The summed E-state index contributed by atoms with van der Waals surface area (Å²) in [6.07, 6.45) is 2.29. The highest BCUT2D eigenvalue weighted by Crippen LogP contribution is 2.06. The minimum atomic E-state index is -0.870. The molecule has 2 unspecified atom stereocenters. The normalized spacial score (nSPS) is 12.8. The monoisotopic (exact) mass is 440 g/mol. The number of carbonyl (C=O) groups excluding carboxylic acids is 2. The first-order valence-electron chi connectivity index (χ1n) is 10.6. The van der Waals surface area contributed by atoms with Gasteiger partial charge in [0.2, 0.25) is 11.8 Å². The Morgan fingerprint density at radius 3 is 2.41 bits per heavy atom. The summed E-state index contributed by atoms with van der Waals surface area (Å²) >= 11 is 0. The molecule has 0 radical (unpaired) electrons. The molecular formula is C23H32N6O3. The lowest BCUT2D eigenvalue weighted by atomic mass is 10.0. The number of amides is 2. The summed E-state index contributed by atoms with van der Waals surface area (Å²) in [7, 11) is 0. The lowest BCUT2D eigenvalue weighted by Gasteiger charge is -2.24. The number of benzene rings is 1. The van der Waals surface area contributed by atoms with Crippen molar-refractivity contribution in [1.82, 2.24) is 20.9 Å². The number of nitrogens with one attached hydrogen (secondary N) is 4. The quantitative estimate of drug-likeness (QED) is 0.206. The topological polar surface area (TPSA) is 153 Å². The average molecular weight is 441 g/mol. The summed E-state index contributed by atoms with van der Waals surface area (Å²) in [4.78, 5) is 29.5. The van der Waals surface area contributed by atoms with Crippen LogP contribution in [0.5, 0.6) is 0 Å². The number of carbonyl (C=O) groups is 2. The zero-order valence-electron chi connectivity index (χ0n) is 18.5. The molecule has 1 aromatic heterocycles. The highest BCUT2D eigenvalue weighted by Gasteiger charge is 2.27. The molecule has 0 saturated heterocycles. The van der Waals surface area contributed by atoms with Crippen LogP contribution >= 0.6 is 0 Å². The Morgan fingerprint density at radius 2 is 1.84 bits per heavy atom. The van der Waals surface area contributed by atoms with E-state index in [2.05, 4.69) is 20.9 Å². The van der Waals surface area contributed by atoms with E-state index in [1.807, 2.05) is 32.0 Å². The maximum atomic E-state index is 12.7. The Morgan fingerprint density at radius 1 is 1.12 bits per heavy atom. The largest absolute Gasteiger partial charge is 0.394 e. The van der Waals surface area contributed by atoms with E-state index in [1.165, 1.54) is 0 Å². The lowest BCUT2D eigenvalue weighted by molar-refractivity contribution is -0.131. The Balaban J connectivity index is 1.88. The van der Waals surface area contributed by atoms with Crippen molar-refractivity contribution >= 4 is 17.6 Å². The van der Waals surface area contributed by atoms with Gasteiger partial charge >= 0.3 is 0 Å². The first-order chi connectivity index (χ1) is 15.3. The summed E-state index contributed by atoms with van der Waals surface area (Å²) in [6, 6.07) is 11.0. The molecule has 0 bridgehead atoms. The van der Waals surface area contributed by atoms with Crippen LogP contribution in [0.15, 0.2) is 48.7 Å². The van der Waals surface area contributed by atoms with E-state index in [-0.39, 0.29) is 17.7 Å². The van der Waals surface area contributed by atoms with E-state index in [1.54, 1.807) is 30.5 Å². The number of rotatable bonds is 12. The van der Waals surface area contributed by atoms with E-state index < -0.39 is 24.6 Å². The van der Waals surface area contributed by atoms with Crippen LogP contribution in [-0.2, 0) is 22.6 Å². The van der Waals surface area contributed by atoms with Gasteiger partial charge in [0.15, 0.2) is 0 Å². The third-order valence-electron chi connectivity index (χ3n) is 4.97. The zero-order valence-corrected chi connectivity index (χ0v) is 18.5. The van der Waals surface area contributed by atoms with Crippen LogP contribution in [0.25, 0.3) is 0 Å². The molecule has 9 heteroatoms. The number of hydrogen-bond donors (Lipinski definition) is 6. The van der Waals surface area contributed by atoms with E-state index in [0.29, 0.717) is 25.1 Å². The van der Waals surface area contributed by atoms with Crippen molar-refractivity contribution in [2.24, 2.45) is 11.7 Å². The van der Waals surface area contributed by atoms with Gasteiger partial charge in [0.05, 0.1) is 6.61 Å². The molecular weight excluding hydrogens is 408 g/mol. The molecule has 32 heavy (non-hydrogen) atoms. The molecule has 7 N–H and O–H groups in total. The van der Waals surface area contributed by atoms with Crippen molar-refractivity contribution in [3.63, 3.8) is 0 Å². The highest BCUT2D eigenvalue weighted by atomic mass is 16.3. The molecule has 2 rings (SSSR count). The maximum absolute atomic E-state index is 12.7. The predicted octanol–water partition coefficient (Wildman–Crippen LogP) is 0.316. The second kappa shape index (κ2) is 12.5. The van der Waals surface area contributed by atoms with Gasteiger partial charge in [-0.25, -0.2) is 0 Å². The van der Waals surface area contributed by atoms with Crippen molar-refractivity contribution in [3.05, 3.63) is 65.5 Å². The molecule has 0 aliphatic heterocycles. The van der Waals surface area contributed by atoms with Gasteiger partial charge in [-0.15, -0.1) is 0 Å². The number of aromatic nitrogens is 1. The molecule has 1 heterocycles. The molecule has 0 spiro atoms. The molecule has 0 saturated carbocycles. The number of nitrogens with two attached hydrogens (primary N) is 1. The number of aliphatic hydroxyl groups excluding tert-OH is 1. The van der Waals surface area contributed by atoms with Crippen molar-refractivity contribution in [1.29, 1.82) is 5.41 Å². The first-order valence-corrected chi connectivity index (χ1v) is 10.6. The van der Waals surface area contributed by atoms with Crippen LogP contribution in [0.4, 0.5) is 0 Å². The number of amidine groups is 1. The number of nitrogens with zero attached hydrogens (tertiary/aromatic N) is 1. The fourth-order valence-corrected chi connectivity index (χ4v) is 3.04. The summed E-state index contributed by atoms with van der Waals surface area (Å²) in [5.41, 5.74) is 7.80. The second-order valence-corrected chi connectivity index (χ2v) is 7.82. The minimum absolute atomic E-state index is 0.0184. The summed E-state index contributed by atoms with van der Waals surface area (Å²) in [5, 5.41) is 25.7. The van der Waals surface area contributed by atoms with Gasteiger partial charge in [-0.2, -0.15) is 0 Å². The number of pyridine rings is 1. The van der Waals surface area contributed by atoms with Gasteiger partial charge in [-0.1, -0.05) is 44.2 Å². The lowest BCUT2D eigenvalue weighted by Crippen LogP contribution is -2.55. The molecule has 9 nitrogen and oxygen atoms in total. The van der Waals surface area contributed by atoms with Crippen LogP contribution in [0, 0.1) is 11.3 Å². The van der Waals surface area contributed by atoms with Gasteiger partial charge in [0.1, 0.15) is 17.9 Å². The van der Waals surface area contributed by atoms with Crippen LogP contribution in [0.2, 0.25) is 0 Å². The molecule has 0 aliphatic carbocycles. The van der Waals surface area contributed by atoms with E-state index >= 15 is 0 Å². The SMILES string of the molecule is CC(C)C(NC(=O)C(CO)NCc1ccc(C(=N)N)cc1)C(=O)NCCc1ccccn1. The standard InChI is InChI=1S/C23H32N6O3/c1-15(2)20(23(32)27-12-10-18-5-3-4-11-26-18)29-22(31)19(14-30)28-13-16-6-8-17(9-7-16)21(24)25/h3-9,11,15,19-20,28,30H,10,12-14H2,1-2H3,(H3,24,25)(H,27,32)(H,29,31). The Labute approximate surface area is 188 Å². The zero-order chi connectivity index (χ0) is 23.5. The van der Waals surface area contributed by atoms with Crippen LogP contribution in [0.1, 0.15) is 30.7 Å². The fraction of sp³-hybridized carbons (Fsp3) is 0.391. The van der Waals surface area contributed by atoms with Crippen molar-refractivity contribution in [3.8, 4) is 0 Å². The molecule has 2 aromatic rings. The number of nitrogen functional groups attached to an aromatic ring is 1. The van der Waals surface area contributed by atoms with Gasteiger partial charge in [-0.3, -0.25) is 25.3 Å². The van der Waals surface area contributed by atoms with Crippen LogP contribution < -0.4 is 21.7 Å². The Bertz CT molecular complexity index is 886. The van der Waals surface area contributed by atoms with Crippen molar-refractivity contribution in [2.45, 2.75) is 38.9 Å². The van der Waals surface area contributed by atoms with Gasteiger partial charge in [0.25, 0.3) is 0 Å². The van der Waals surface area contributed by atoms with E-state index in [0.717, 1.165) is 11.3 Å². The summed E-state index contributed by atoms with van der Waals surface area (Å²) in [5.74, 6) is -0.880. The molecule has 0 fully saturated rings. The molecule has 2 amide bonds. The Kier molecular flexibility index (Phi) is 9.77. The Hall–Kier alpha value is -3.30. The van der Waals surface area contributed by atoms with Gasteiger partial charge < -0.3 is 21.5 Å². The fourth-order valence-electron chi connectivity index (χ4n) is 3.04.